The Morgan fingerprint density at radius 3 is 0.967 bits per heavy atom. The average molecular weight is 847 g/mol. The van der Waals surface area contributed by atoms with E-state index in [0.29, 0.717) is 12.8 Å². The van der Waals surface area contributed by atoms with E-state index in [2.05, 4.69) is 26.0 Å². The molecule has 0 heterocycles. The summed E-state index contributed by atoms with van der Waals surface area (Å²) in [6.07, 6.45) is 63.7. The minimum Gasteiger partial charge on any atom is -0.462 e. The lowest BCUT2D eigenvalue weighted by atomic mass is 10.0. The molecule has 5 nitrogen and oxygen atoms in total. The van der Waals surface area contributed by atoms with E-state index in [1.807, 2.05) is 0 Å². The molecule has 0 saturated heterocycles. The number of esters is 2. The van der Waals surface area contributed by atoms with Gasteiger partial charge in [0.2, 0.25) is 0 Å². The predicted octanol–water partition coefficient (Wildman–Crippen LogP) is 18.0. The van der Waals surface area contributed by atoms with E-state index in [1.165, 1.54) is 238 Å². The number of rotatable bonds is 51. The van der Waals surface area contributed by atoms with Gasteiger partial charge in [0.1, 0.15) is 6.61 Å². The maximum absolute atomic E-state index is 12.2. The Morgan fingerprint density at radius 1 is 0.367 bits per heavy atom. The summed E-state index contributed by atoms with van der Waals surface area (Å²) < 4.78 is 10.6. The van der Waals surface area contributed by atoms with E-state index in [1.54, 1.807) is 0 Å². The molecule has 0 aromatic heterocycles. The molecule has 60 heavy (non-hydrogen) atoms. The predicted molar refractivity (Wildman–Crippen MR) is 261 cm³/mol. The fraction of sp³-hybridized carbons (Fsp3) is 0.927. The van der Waals surface area contributed by atoms with Crippen LogP contribution >= 0.6 is 0 Å². The van der Waals surface area contributed by atoms with Gasteiger partial charge in [0, 0.05) is 12.8 Å². The number of hydrogen-bond acceptors (Lipinski definition) is 5. The van der Waals surface area contributed by atoms with Crippen LogP contribution in [0.4, 0.5) is 0 Å². The van der Waals surface area contributed by atoms with Gasteiger partial charge in [-0.3, -0.25) is 9.59 Å². The van der Waals surface area contributed by atoms with Gasteiger partial charge in [-0.1, -0.05) is 276 Å². The number of ether oxygens (including phenoxy) is 2. The van der Waals surface area contributed by atoms with Gasteiger partial charge in [-0.15, -0.1) is 0 Å². The standard InChI is InChI=1S/C55H106O5/c1-3-5-7-9-11-13-15-16-17-18-19-20-21-22-23-24-25-26-27-28-29-30-31-32-33-34-35-36-37-38-39-40-42-43-45-47-49-54(57)59-52-53(51-56)60-55(58)50-48-46-44-41-14-12-10-8-6-4-2/h8,10,53,56H,3-7,9,11-52H2,1-2H3/b10-8-. The van der Waals surface area contributed by atoms with Crippen molar-refractivity contribution in [2.24, 2.45) is 0 Å². The summed E-state index contributed by atoms with van der Waals surface area (Å²) in [5.74, 6) is -0.588. The molecule has 0 saturated carbocycles. The third-order valence-corrected chi connectivity index (χ3v) is 12.5. The third-order valence-electron chi connectivity index (χ3n) is 12.5. The van der Waals surface area contributed by atoms with Crippen molar-refractivity contribution in [2.45, 2.75) is 315 Å². The number of allylic oxidation sites excluding steroid dienone is 2. The van der Waals surface area contributed by atoms with Crippen LogP contribution in [-0.2, 0) is 19.1 Å². The molecule has 0 aliphatic heterocycles. The first-order valence-corrected chi connectivity index (χ1v) is 27.2. The van der Waals surface area contributed by atoms with Crippen LogP contribution in [0.2, 0.25) is 0 Å². The lowest BCUT2D eigenvalue weighted by Crippen LogP contribution is -2.28. The summed E-state index contributed by atoms with van der Waals surface area (Å²) in [6.45, 7) is 4.10. The summed E-state index contributed by atoms with van der Waals surface area (Å²) in [5.41, 5.74) is 0. The second-order valence-electron chi connectivity index (χ2n) is 18.7. The number of carbonyl (C=O) groups is 2. The highest BCUT2D eigenvalue weighted by Crippen LogP contribution is 2.18. The Labute approximate surface area is 375 Å². The third kappa shape index (κ3) is 49.3. The van der Waals surface area contributed by atoms with Crippen molar-refractivity contribution >= 4 is 11.9 Å². The number of carbonyl (C=O) groups excluding carboxylic acids is 2. The lowest BCUT2D eigenvalue weighted by Gasteiger charge is -2.15. The largest absolute Gasteiger partial charge is 0.462 e. The fourth-order valence-electron chi connectivity index (χ4n) is 8.44. The summed E-state index contributed by atoms with van der Waals surface area (Å²) >= 11 is 0. The number of hydrogen-bond donors (Lipinski definition) is 1. The maximum Gasteiger partial charge on any atom is 0.306 e. The second kappa shape index (κ2) is 52.0. The van der Waals surface area contributed by atoms with Gasteiger partial charge >= 0.3 is 11.9 Å². The van der Waals surface area contributed by atoms with E-state index < -0.39 is 6.10 Å². The highest BCUT2D eigenvalue weighted by Gasteiger charge is 2.16. The van der Waals surface area contributed by atoms with Gasteiger partial charge in [0.05, 0.1) is 6.61 Å². The van der Waals surface area contributed by atoms with E-state index in [9.17, 15) is 14.7 Å². The summed E-state index contributed by atoms with van der Waals surface area (Å²) in [7, 11) is 0. The van der Waals surface area contributed by atoms with Gasteiger partial charge < -0.3 is 14.6 Å². The summed E-state index contributed by atoms with van der Waals surface area (Å²) in [4.78, 5) is 24.3. The monoisotopic (exact) mass is 847 g/mol. The van der Waals surface area contributed by atoms with Gasteiger partial charge in [-0.25, -0.2) is 0 Å². The molecule has 0 rings (SSSR count). The molecule has 1 atom stereocenters. The molecule has 1 unspecified atom stereocenters. The molecule has 0 aliphatic rings. The lowest BCUT2D eigenvalue weighted by molar-refractivity contribution is -0.161. The topological polar surface area (TPSA) is 72.8 Å². The fourth-order valence-corrected chi connectivity index (χ4v) is 8.44. The van der Waals surface area contributed by atoms with Gasteiger partial charge in [0.15, 0.2) is 6.10 Å². The first-order valence-electron chi connectivity index (χ1n) is 27.2. The first kappa shape index (κ1) is 58.6. The van der Waals surface area contributed by atoms with Crippen LogP contribution in [-0.4, -0.2) is 36.4 Å². The van der Waals surface area contributed by atoms with Gasteiger partial charge in [-0.05, 0) is 32.1 Å². The molecular formula is C55H106O5. The van der Waals surface area contributed by atoms with Crippen LogP contribution in [0.15, 0.2) is 12.2 Å². The van der Waals surface area contributed by atoms with Crippen LogP contribution in [0, 0.1) is 0 Å². The van der Waals surface area contributed by atoms with E-state index >= 15 is 0 Å². The van der Waals surface area contributed by atoms with Gasteiger partial charge in [-0.2, -0.15) is 0 Å². The average Bonchev–Trinajstić information content (AvgIpc) is 3.25. The van der Waals surface area contributed by atoms with Crippen LogP contribution in [0.5, 0.6) is 0 Å². The Kier molecular flexibility index (Phi) is 50.8. The van der Waals surface area contributed by atoms with Crippen molar-refractivity contribution in [3.05, 3.63) is 12.2 Å². The van der Waals surface area contributed by atoms with Crippen LogP contribution < -0.4 is 0 Å². The van der Waals surface area contributed by atoms with E-state index in [4.69, 9.17) is 9.47 Å². The van der Waals surface area contributed by atoms with Crippen molar-refractivity contribution in [3.63, 3.8) is 0 Å². The van der Waals surface area contributed by atoms with Crippen LogP contribution in [0.25, 0.3) is 0 Å². The van der Waals surface area contributed by atoms with Crippen LogP contribution in [0.1, 0.15) is 309 Å². The van der Waals surface area contributed by atoms with Crippen molar-refractivity contribution in [1.82, 2.24) is 0 Å². The normalized spacial score (nSPS) is 12.1. The van der Waals surface area contributed by atoms with Gasteiger partial charge in [0.25, 0.3) is 0 Å². The smallest absolute Gasteiger partial charge is 0.306 e. The van der Waals surface area contributed by atoms with E-state index in [0.717, 1.165) is 44.9 Å². The molecule has 0 aromatic rings. The highest BCUT2D eigenvalue weighted by atomic mass is 16.6. The van der Waals surface area contributed by atoms with E-state index in [-0.39, 0.29) is 25.2 Å². The molecule has 0 aromatic carbocycles. The Hall–Kier alpha value is -1.36. The van der Waals surface area contributed by atoms with Crippen LogP contribution in [0.3, 0.4) is 0 Å². The Bertz CT molecular complexity index is 871. The Balaban J connectivity index is 3.31. The molecule has 0 radical (unpaired) electrons. The number of aliphatic hydroxyl groups excluding tert-OH is 1. The van der Waals surface area contributed by atoms with Crippen molar-refractivity contribution in [2.75, 3.05) is 13.2 Å². The zero-order valence-corrected chi connectivity index (χ0v) is 40.8. The molecule has 0 fully saturated rings. The molecule has 0 bridgehead atoms. The summed E-state index contributed by atoms with van der Waals surface area (Å²) in [5, 5.41) is 9.57. The number of aliphatic hydroxyl groups is 1. The van der Waals surface area contributed by atoms with Crippen molar-refractivity contribution in [1.29, 1.82) is 0 Å². The Morgan fingerprint density at radius 2 is 0.650 bits per heavy atom. The minimum atomic E-state index is -0.769. The molecule has 0 aliphatic carbocycles. The second-order valence-corrected chi connectivity index (χ2v) is 18.7. The van der Waals surface area contributed by atoms with Crippen molar-refractivity contribution < 1.29 is 24.2 Å². The van der Waals surface area contributed by atoms with Crippen molar-refractivity contribution in [3.8, 4) is 0 Å². The zero-order valence-electron chi connectivity index (χ0n) is 40.8. The molecule has 0 spiro atoms. The highest BCUT2D eigenvalue weighted by molar-refractivity contribution is 5.70. The molecule has 0 amide bonds. The molecule has 1 N–H and O–H groups in total. The maximum atomic E-state index is 12.2. The molecule has 5 heteroatoms. The quantitative estimate of drug-likeness (QED) is 0.0375. The molecular weight excluding hydrogens is 741 g/mol. The zero-order chi connectivity index (χ0) is 43.5. The molecule has 356 valence electrons. The minimum absolute atomic E-state index is 0.0632. The first-order chi connectivity index (χ1) is 29.6. The number of unbranched alkanes of at least 4 members (excludes halogenated alkanes) is 41. The SMILES string of the molecule is CCC/C=C\CCCCCCCC(=O)OC(CO)COC(=O)CCCCCCCCCCCCCCCCCCCCCCCCCCCCCCCCCCCCCC. The summed E-state index contributed by atoms with van der Waals surface area (Å²) in [6, 6.07) is 0.